The summed E-state index contributed by atoms with van der Waals surface area (Å²) in [6, 6.07) is 7.82. The second-order valence-corrected chi connectivity index (χ2v) is 5.40. The molecule has 1 aliphatic heterocycles. The number of alkyl halides is 2. The van der Waals surface area contributed by atoms with Crippen LogP contribution in [0.5, 0.6) is 0 Å². The minimum Gasteiger partial charge on any atom is -0.466 e. The van der Waals surface area contributed by atoms with Gasteiger partial charge < -0.3 is 4.74 Å². The van der Waals surface area contributed by atoms with Gasteiger partial charge in [-0.3, -0.25) is 9.69 Å². The molecule has 0 saturated carbocycles. The van der Waals surface area contributed by atoms with Crippen LogP contribution in [0.15, 0.2) is 30.3 Å². The Morgan fingerprint density at radius 2 is 2.10 bits per heavy atom. The maximum Gasteiger partial charge on any atom is 0.310 e. The molecule has 2 rings (SSSR count). The van der Waals surface area contributed by atoms with Gasteiger partial charge in [0.25, 0.3) is 5.92 Å². The van der Waals surface area contributed by atoms with E-state index in [0.29, 0.717) is 26.1 Å². The van der Waals surface area contributed by atoms with E-state index in [1.165, 1.54) is 12.1 Å². The number of piperidine rings is 1. The van der Waals surface area contributed by atoms with Gasteiger partial charge >= 0.3 is 5.97 Å². The normalized spacial score (nSPS) is 20.2. The summed E-state index contributed by atoms with van der Waals surface area (Å²) in [4.78, 5) is 13.4. The molecule has 0 aliphatic carbocycles. The van der Waals surface area contributed by atoms with Crippen molar-refractivity contribution in [1.29, 1.82) is 0 Å². The highest BCUT2D eigenvalue weighted by Crippen LogP contribution is 2.30. The van der Waals surface area contributed by atoms with Gasteiger partial charge in [-0.05, 0) is 26.3 Å². The van der Waals surface area contributed by atoms with Crippen molar-refractivity contribution in [3.05, 3.63) is 35.9 Å². The third-order valence-electron chi connectivity index (χ3n) is 3.74. The molecule has 21 heavy (non-hydrogen) atoms. The summed E-state index contributed by atoms with van der Waals surface area (Å²) in [5, 5.41) is 0. The Balaban J connectivity index is 1.97. The Labute approximate surface area is 123 Å². The second kappa shape index (κ2) is 6.98. The summed E-state index contributed by atoms with van der Waals surface area (Å²) in [7, 11) is 0. The fourth-order valence-corrected chi connectivity index (χ4v) is 2.71. The van der Waals surface area contributed by atoms with Crippen LogP contribution < -0.4 is 0 Å². The number of rotatable bonds is 5. The molecule has 1 heterocycles. The smallest absolute Gasteiger partial charge is 0.310 e. The van der Waals surface area contributed by atoms with Crippen molar-refractivity contribution in [2.45, 2.75) is 25.7 Å². The first kappa shape index (κ1) is 15.9. The average Bonchev–Trinajstić information content (AvgIpc) is 2.48. The maximum absolute atomic E-state index is 14.3. The van der Waals surface area contributed by atoms with Gasteiger partial charge in [-0.15, -0.1) is 0 Å². The van der Waals surface area contributed by atoms with Crippen LogP contribution in [0.1, 0.15) is 25.3 Å². The molecule has 1 saturated heterocycles. The van der Waals surface area contributed by atoms with Crippen LogP contribution in [0, 0.1) is 5.92 Å². The number of carbonyl (C=O) groups excluding carboxylic acids is 1. The summed E-state index contributed by atoms with van der Waals surface area (Å²) in [6.07, 6.45) is 1.46. The van der Waals surface area contributed by atoms with Crippen LogP contribution in [0.2, 0.25) is 0 Å². The van der Waals surface area contributed by atoms with E-state index in [9.17, 15) is 13.6 Å². The lowest BCUT2D eigenvalue weighted by Gasteiger charge is -2.33. The molecule has 1 aliphatic rings. The lowest BCUT2D eigenvalue weighted by molar-refractivity contribution is -0.150. The van der Waals surface area contributed by atoms with Crippen LogP contribution >= 0.6 is 0 Å². The highest BCUT2D eigenvalue weighted by atomic mass is 19.3. The molecule has 1 aromatic carbocycles. The molecule has 0 N–H and O–H groups in total. The third kappa shape index (κ3) is 4.24. The zero-order chi connectivity index (χ0) is 15.3. The number of halogens is 2. The Bertz CT molecular complexity index is 465. The molecular weight excluding hydrogens is 276 g/mol. The molecule has 1 unspecified atom stereocenters. The van der Waals surface area contributed by atoms with Gasteiger partial charge in [0.05, 0.1) is 19.1 Å². The van der Waals surface area contributed by atoms with Crippen LogP contribution in [-0.4, -0.2) is 37.1 Å². The summed E-state index contributed by atoms with van der Waals surface area (Å²) >= 11 is 0. The van der Waals surface area contributed by atoms with Gasteiger partial charge in [0.1, 0.15) is 0 Å². The van der Waals surface area contributed by atoms with Crippen molar-refractivity contribution < 1.29 is 18.3 Å². The van der Waals surface area contributed by atoms with Crippen LogP contribution in [0.25, 0.3) is 0 Å². The van der Waals surface area contributed by atoms with Crippen molar-refractivity contribution in [3.8, 4) is 0 Å². The molecule has 0 radical (unpaired) electrons. The van der Waals surface area contributed by atoms with Gasteiger partial charge in [-0.25, -0.2) is 0 Å². The van der Waals surface area contributed by atoms with E-state index in [4.69, 9.17) is 4.74 Å². The number of hydrogen-bond acceptors (Lipinski definition) is 3. The van der Waals surface area contributed by atoms with E-state index in [-0.39, 0.29) is 24.0 Å². The van der Waals surface area contributed by atoms with Crippen molar-refractivity contribution in [2.24, 2.45) is 5.92 Å². The Hall–Kier alpha value is -1.49. The zero-order valence-corrected chi connectivity index (χ0v) is 12.2. The number of likely N-dealkylation sites (tertiary alicyclic amines) is 1. The first-order chi connectivity index (χ1) is 10.0. The standard InChI is InChI=1S/C16H21F2NO2/c1-2-21-15(20)13-7-6-10-19(11-13)12-16(17,18)14-8-4-3-5-9-14/h3-5,8-9,13H,2,6-7,10-12H2,1H3. The Kier molecular flexibility index (Phi) is 5.28. The SMILES string of the molecule is CCOC(=O)C1CCCN(CC(F)(F)c2ccccc2)C1. The topological polar surface area (TPSA) is 29.5 Å². The first-order valence-electron chi connectivity index (χ1n) is 7.35. The highest BCUT2D eigenvalue weighted by Gasteiger charge is 2.36. The summed E-state index contributed by atoms with van der Waals surface area (Å²) in [5.41, 5.74) is 0.0169. The van der Waals surface area contributed by atoms with Gasteiger partial charge in [-0.2, -0.15) is 8.78 Å². The zero-order valence-electron chi connectivity index (χ0n) is 12.2. The lowest BCUT2D eigenvalue weighted by Crippen LogP contribution is -2.44. The molecule has 5 heteroatoms. The monoisotopic (exact) mass is 297 g/mol. The van der Waals surface area contributed by atoms with Gasteiger partial charge in [0.2, 0.25) is 0 Å². The van der Waals surface area contributed by atoms with Crippen LogP contribution in [0.3, 0.4) is 0 Å². The van der Waals surface area contributed by atoms with Gasteiger partial charge in [-0.1, -0.05) is 30.3 Å². The quantitative estimate of drug-likeness (QED) is 0.782. The molecule has 0 aromatic heterocycles. The molecule has 116 valence electrons. The predicted molar refractivity (Wildman–Crippen MR) is 76.1 cm³/mol. The minimum atomic E-state index is -2.90. The van der Waals surface area contributed by atoms with E-state index in [0.717, 1.165) is 6.42 Å². The summed E-state index contributed by atoms with van der Waals surface area (Å²) < 4.78 is 33.5. The van der Waals surface area contributed by atoms with Gasteiger partial charge in [0.15, 0.2) is 0 Å². The molecule has 0 spiro atoms. The molecule has 1 atom stereocenters. The van der Waals surface area contributed by atoms with Crippen LogP contribution in [-0.2, 0) is 15.5 Å². The second-order valence-electron chi connectivity index (χ2n) is 5.40. The fraction of sp³-hybridized carbons (Fsp3) is 0.562. The van der Waals surface area contributed by atoms with Crippen molar-refractivity contribution in [1.82, 2.24) is 4.90 Å². The molecule has 0 bridgehead atoms. The van der Waals surface area contributed by atoms with E-state index < -0.39 is 5.92 Å². The number of nitrogens with zero attached hydrogens (tertiary/aromatic N) is 1. The van der Waals surface area contributed by atoms with E-state index in [2.05, 4.69) is 0 Å². The maximum atomic E-state index is 14.3. The van der Waals surface area contributed by atoms with Crippen molar-refractivity contribution in [2.75, 3.05) is 26.2 Å². The Morgan fingerprint density at radius 3 is 2.76 bits per heavy atom. The van der Waals surface area contributed by atoms with Crippen LogP contribution in [0.4, 0.5) is 8.78 Å². The number of benzene rings is 1. The molecular formula is C16H21F2NO2. The molecule has 1 aromatic rings. The number of ether oxygens (including phenoxy) is 1. The molecule has 1 fully saturated rings. The van der Waals surface area contributed by atoms with E-state index in [1.54, 1.807) is 30.0 Å². The van der Waals surface area contributed by atoms with E-state index in [1.807, 2.05) is 0 Å². The largest absolute Gasteiger partial charge is 0.466 e. The molecule has 3 nitrogen and oxygen atoms in total. The third-order valence-corrected chi connectivity index (χ3v) is 3.74. The summed E-state index contributed by atoms with van der Waals surface area (Å²) in [6.45, 7) is 2.67. The lowest BCUT2D eigenvalue weighted by atomic mass is 9.97. The van der Waals surface area contributed by atoms with E-state index >= 15 is 0 Å². The minimum absolute atomic E-state index is 0.0169. The van der Waals surface area contributed by atoms with Crippen molar-refractivity contribution in [3.63, 3.8) is 0 Å². The van der Waals surface area contributed by atoms with Gasteiger partial charge in [0, 0.05) is 12.1 Å². The molecule has 0 amide bonds. The number of carbonyl (C=O) groups is 1. The fourth-order valence-electron chi connectivity index (χ4n) is 2.71. The number of hydrogen-bond donors (Lipinski definition) is 0. The van der Waals surface area contributed by atoms with Crippen molar-refractivity contribution >= 4 is 5.97 Å². The highest BCUT2D eigenvalue weighted by molar-refractivity contribution is 5.72. The number of esters is 1. The predicted octanol–water partition coefficient (Wildman–Crippen LogP) is 3.05. The Morgan fingerprint density at radius 1 is 1.38 bits per heavy atom. The average molecular weight is 297 g/mol. The first-order valence-corrected chi connectivity index (χ1v) is 7.35. The summed E-state index contributed by atoms with van der Waals surface area (Å²) in [5.74, 6) is -3.46.